The van der Waals surface area contributed by atoms with Crippen LogP contribution in [0.3, 0.4) is 0 Å². The number of rotatable bonds is 10. The van der Waals surface area contributed by atoms with E-state index in [9.17, 15) is 18.0 Å². The summed E-state index contributed by atoms with van der Waals surface area (Å²) in [6.45, 7) is 9.62. The molecule has 0 fully saturated rings. The minimum absolute atomic E-state index is 0.205. The summed E-state index contributed by atoms with van der Waals surface area (Å²) in [5.41, 5.74) is 4.07. The Morgan fingerprint density at radius 3 is 2.24 bits per heavy atom. The SMILES string of the molecule is CCCNC(=O)[C@@H](C)N(Cc1ccccc1C)C(=O)CN(c1cccc(C)c1C)S(C)(=O)=O. The average Bonchev–Trinajstić information content (AvgIpc) is 2.76. The van der Waals surface area contributed by atoms with Crippen molar-refractivity contribution in [1.29, 1.82) is 0 Å². The summed E-state index contributed by atoms with van der Waals surface area (Å²) in [6.07, 6.45) is 1.86. The third-order valence-corrected chi connectivity index (χ3v) is 6.97. The van der Waals surface area contributed by atoms with E-state index >= 15 is 0 Å². The Kier molecular flexibility index (Phi) is 9.05. The number of aryl methyl sites for hydroxylation is 2. The summed E-state index contributed by atoms with van der Waals surface area (Å²) in [4.78, 5) is 27.7. The Morgan fingerprint density at radius 2 is 1.64 bits per heavy atom. The van der Waals surface area contributed by atoms with E-state index < -0.39 is 22.0 Å². The van der Waals surface area contributed by atoms with Crippen LogP contribution in [0.25, 0.3) is 0 Å². The molecule has 0 heterocycles. The van der Waals surface area contributed by atoms with Crippen LogP contribution >= 0.6 is 0 Å². The van der Waals surface area contributed by atoms with Crippen molar-refractivity contribution in [2.24, 2.45) is 0 Å². The summed E-state index contributed by atoms with van der Waals surface area (Å²) in [7, 11) is -3.74. The second-order valence-corrected chi connectivity index (χ2v) is 10.3. The van der Waals surface area contributed by atoms with E-state index in [1.54, 1.807) is 19.1 Å². The lowest BCUT2D eigenvalue weighted by Gasteiger charge is -2.32. The smallest absolute Gasteiger partial charge is 0.244 e. The van der Waals surface area contributed by atoms with Crippen LogP contribution in [0.1, 0.15) is 42.5 Å². The molecule has 0 saturated carbocycles. The zero-order chi connectivity index (χ0) is 24.8. The second kappa shape index (κ2) is 11.3. The lowest BCUT2D eigenvalue weighted by Crippen LogP contribution is -2.51. The summed E-state index contributed by atoms with van der Waals surface area (Å²) in [5.74, 6) is -0.708. The Labute approximate surface area is 197 Å². The second-order valence-electron chi connectivity index (χ2n) is 8.40. The van der Waals surface area contributed by atoms with Gasteiger partial charge in [-0.1, -0.05) is 43.3 Å². The molecular weight excluding hydrogens is 438 g/mol. The van der Waals surface area contributed by atoms with Crippen molar-refractivity contribution in [2.75, 3.05) is 23.7 Å². The van der Waals surface area contributed by atoms with Gasteiger partial charge in [-0.05, 0) is 62.4 Å². The van der Waals surface area contributed by atoms with Crippen molar-refractivity contribution >= 4 is 27.5 Å². The summed E-state index contributed by atoms with van der Waals surface area (Å²) in [5, 5.41) is 2.83. The molecule has 0 spiro atoms. The lowest BCUT2D eigenvalue weighted by atomic mass is 10.1. The Hall–Kier alpha value is -2.87. The Morgan fingerprint density at radius 1 is 1.00 bits per heavy atom. The summed E-state index contributed by atoms with van der Waals surface area (Å²) >= 11 is 0. The quantitative estimate of drug-likeness (QED) is 0.574. The zero-order valence-corrected chi connectivity index (χ0v) is 21.2. The fourth-order valence-electron chi connectivity index (χ4n) is 3.55. The minimum Gasteiger partial charge on any atom is -0.354 e. The first-order valence-electron chi connectivity index (χ1n) is 11.1. The first-order valence-corrected chi connectivity index (χ1v) is 13.0. The van der Waals surface area contributed by atoms with Gasteiger partial charge in [0, 0.05) is 13.1 Å². The molecule has 2 aromatic rings. The molecule has 0 aliphatic heterocycles. The molecule has 2 rings (SSSR count). The molecule has 0 aromatic heterocycles. The van der Waals surface area contributed by atoms with Gasteiger partial charge in [0.25, 0.3) is 0 Å². The van der Waals surface area contributed by atoms with E-state index in [1.807, 2.05) is 58.0 Å². The molecule has 0 unspecified atom stereocenters. The predicted molar refractivity (Wildman–Crippen MR) is 133 cm³/mol. The maximum absolute atomic E-state index is 13.5. The first kappa shape index (κ1) is 26.4. The third kappa shape index (κ3) is 6.81. The summed E-state index contributed by atoms with van der Waals surface area (Å²) in [6, 6.07) is 12.2. The molecule has 0 saturated heterocycles. The van der Waals surface area contributed by atoms with Crippen LogP contribution in [0, 0.1) is 20.8 Å². The van der Waals surface area contributed by atoms with Gasteiger partial charge >= 0.3 is 0 Å². The number of carbonyl (C=O) groups excluding carboxylic acids is 2. The number of benzene rings is 2. The molecule has 0 bridgehead atoms. The first-order chi connectivity index (χ1) is 15.5. The average molecular weight is 474 g/mol. The van der Waals surface area contributed by atoms with Crippen molar-refractivity contribution in [3.05, 3.63) is 64.7 Å². The highest BCUT2D eigenvalue weighted by molar-refractivity contribution is 7.92. The van der Waals surface area contributed by atoms with E-state index in [0.29, 0.717) is 12.2 Å². The van der Waals surface area contributed by atoms with Crippen LogP contribution in [0.5, 0.6) is 0 Å². The lowest BCUT2D eigenvalue weighted by molar-refractivity contribution is -0.139. The number of nitrogens with one attached hydrogen (secondary N) is 1. The van der Waals surface area contributed by atoms with Gasteiger partial charge in [-0.15, -0.1) is 0 Å². The van der Waals surface area contributed by atoms with Crippen molar-refractivity contribution in [1.82, 2.24) is 10.2 Å². The van der Waals surface area contributed by atoms with Gasteiger partial charge in [-0.25, -0.2) is 8.42 Å². The molecule has 180 valence electrons. The van der Waals surface area contributed by atoms with Crippen LogP contribution < -0.4 is 9.62 Å². The minimum atomic E-state index is -3.74. The van der Waals surface area contributed by atoms with Crippen molar-refractivity contribution in [3.8, 4) is 0 Å². The Balaban J connectivity index is 2.43. The summed E-state index contributed by atoms with van der Waals surface area (Å²) < 4.78 is 26.5. The van der Waals surface area contributed by atoms with Crippen molar-refractivity contribution < 1.29 is 18.0 Å². The molecule has 33 heavy (non-hydrogen) atoms. The van der Waals surface area contributed by atoms with E-state index in [4.69, 9.17) is 0 Å². The van der Waals surface area contributed by atoms with Gasteiger partial charge in [-0.3, -0.25) is 13.9 Å². The maximum Gasteiger partial charge on any atom is 0.244 e. The molecule has 1 N–H and O–H groups in total. The topological polar surface area (TPSA) is 86.8 Å². The van der Waals surface area contributed by atoms with E-state index in [0.717, 1.165) is 39.2 Å². The zero-order valence-electron chi connectivity index (χ0n) is 20.4. The molecule has 2 aromatic carbocycles. The highest BCUT2D eigenvalue weighted by Crippen LogP contribution is 2.25. The van der Waals surface area contributed by atoms with Gasteiger partial charge in [-0.2, -0.15) is 0 Å². The molecule has 0 aliphatic rings. The van der Waals surface area contributed by atoms with Gasteiger partial charge in [0.2, 0.25) is 21.8 Å². The Bertz CT molecular complexity index is 1100. The number of carbonyl (C=O) groups is 2. The fraction of sp³-hybridized carbons (Fsp3) is 0.440. The standard InChI is InChI=1S/C25H35N3O4S/c1-7-15-26-25(30)21(5)27(16-22-13-9-8-11-19(22)3)24(29)17-28(33(6,31)32)23-14-10-12-18(2)20(23)4/h8-14,21H,7,15-17H2,1-6H3,(H,26,30)/t21-/m1/s1. The number of nitrogens with zero attached hydrogens (tertiary/aromatic N) is 2. The number of hydrogen-bond donors (Lipinski definition) is 1. The molecular formula is C25H35N3O4S. The van der Waals surface area contributed by atoms with E-state index in [2.05, 4.69) is 5.32 Å². The maximum atomic E-state index is 13.5. The number of anilines is 1. The van der Waals surface area contributed by atoms with Gasteiger partial charge in [0.15, 0.2) is 0 Å². The molecule has 0 aliphatic carbocycles. The largest absolute Gasteiger partial charge is 0.354 e. The van der Waals surface area contributed by atoms with Gasteiger partial charge in [0.05, 0.1) is 11.9 Å². The van der Waals surface area contributed by atoms with Crippen LogP contribution in [0.15, 0.2) is 42.5 Å². The molecule has 2 amide bonds. The molecule has 1 atom stereocenters. The fourth-order valence-corrected chi connectivity index (χ4v) is 4.45. The van der Waals surface area contributed by atoms with Crippen LogP contribution in [-0.2, 0) is 26.2 Å². The number of sulfonamides is 1. The normalized spacial score (nSPS) is 12.2. The van der Waals surface area contributed by atoms with E-state index in [-0.39, 0.29) is 19.0 Å². The van der Waals surface area contributed by atoms with Crippen LogP contribution in [0.2, 0.25) is 0 Å². The molecule has 7 nitrogen and oxygen atoms in total. The highest BCUT2D eigenvalue weighted by atomic mass is 32.2. The molecule has 0 radical (unpaired) electrons. The van der Waals surface area contributed by atoms with Crippen molar-refractivity contribution in [2.45, 2.75) is 53.6 Å². The monoisotopic (exact) mass is 473 g/mol. The van der Waals surface area contributed by atoms with E-state index in [1.165, 1.54) is 4.90 Å². The van der Waals surface area contributed by atoms with Crippen molar-refractivity contribution in [3.63, 3.8) is 0 Å². The van der Waals surface area contributed by atoms with Gasteiger partial charge in [0.1, 0.15) is 12.6 Å². The number of amides is 2. The predicted octanol–water partition coefficient (Wildman–Crippen LogP) is 3.32. The molecule has 8 heteroatoms. The van der Waals surface area contributed by atoms with Crippen LogP contribution in [-0.4, -0.2) is 50.5 Å². The van der Waals surface area contributed by atoms with Crippen LogP contribution in [0.4, 0.5) is 5.69 Å². The number of hydrogen-bond acceptors (Lipinski definition) is 4. The van der Waals surface area contributed by atoms with Gasteiger partial charge < -0.3 is 10.2 Å². The highest BCUT2D eigenvalue weighted by Gasteiger charge is 2.30. The third-order valence-electron chi connectivity index (χ3n) is 5.84.